The Hall–Kier alpha value is -0.391. The molecule has 2 N–H and O–H groups in total. The van der Waals surface area contributed by atoms with Gasteiger partial charge in [-0.05, 0) is 0 Å². The van der Waals surface area contributed by atoms with Gasteiger partial charge in [0.25, 0.3) is 0 Å². The van der Waals surface area contributed by atoms with Crippen LogP contribution in [0.25, 0.3) is 0 Å². The van der Waals surface area contributed by atoms with E-state index in [-0.39, 0.29) is 0 Å². The van der Waals surface area contributed by atoms with Crippen molar-refractivity contribution < 1.29 is 0 Å². The fraction of sp³-hybridized carbons (Fsp3) is 0.571. The van der Waals surface area contributed by atoms with Crippen molar-refractivity contribution in [2.75, 3.05) is 5.73 Å². The molecule has 1 aromatic rings. The van der Waals surface area contributed by atoms with Crippen molar-refractivity contribution in [1.82, 2.24) is 15.0 Å². The first-order valence-corrected chi connectivity index (χ1v) is 6.55. The first-order chi connectivity index (χ1) is 5.47. The molecular weight excluding hydrogens is 259 g/mol. The van der Waals surface area contributed by atoms with Gasteiger partial charge in [0.15, 0.2) is 0 Å². The average molecular weight is 271 g/mol. The summed E-state index contributed by atoms with van der Waals surface area (Å²) in [6.07, 6.45) is 1.49. The second kappa shape index (κ2) is 3.55. The standard InChI is InChI=1S/C4H9.C3H3N4.Sn/c1-4(2)3;4-3-6-1-5-2-7-3;/h1-3H3;1H,(H2,4,5,6,7);. The van der Waals surface area contributed by atoms with Crippen molar-refractivity contribution in [1.29, 1.82) is 0 Å². The van der Waals surface area contributed by atoms with E-state index in [1.165, 1.54) is 6.33 Å². The maximum atomic E-state index is 5.44. The Bertz CT molecular complexity index is 268. The van der Waals surface area contributed by atoms with Gasteiger partial charge in [0.1, 0.15) is 0 Å². The number of hydrogen-bond acceptors (Lipinski definition) is 4. The SMILES string of the molecule is C[C](C)(C)[Sn][c]1ncnc(N)n1. The molecule has 0 atom stereocenters. The molecule has 0 saturated heterocycles. The predicted octanol–water partition coefficient (Wildman–Crippen LogP) is 0.00170. The number of rotatable bonds is 1. The van der Waals surface area contributed by atoms with Gasteiger partial charge in [0, 0.05) is 0 Å². The van der Waals surface area contributed by atoms with Crippen molar-refractivity contribution >= 4 is 30.9 Å². The fourth-order valence-corrected chi connectivity index (χ4v) is 3.45. The van der Waals surface area contributed by atoms with E-state index in [0.717, 1.165) is 3.84 Å². The molecule has 0 spiro atoms. The van der Waals surface area contributed by atoms with Gasteiger partial charge in [-0.1, -0.05) is 0 Å². The molecule has 1 rings (SSSR count). The summed E-state index contributed by atoms with van der Waals surface area (Å²) in [6.45, 7) is 6.62. The molecule has 0 aliphatic carbocycles. The van der Waals surface area contributed by atoms with E-state index in [1.54, 1.807) is 0 Å². The Morgan fingerprint density at radius 3 is 2.50 bits per heavy atom. The number of anilines is 1. The van der Waals surface area contributed by atoms with Crippen LogP contribution in [0.2, 0.25) is 3.43 Å². The molecule has 1 heterocycles. The van der Waals surface area contributed by atoms with Gasteiger partial charge in [-0.25, -0.2) is 0 Å². The van der Waals surface area contributed by atoms with Crippen LogP contribution in [0.15, 0.2) is 6.33 Å². The summed E-state index contributed by atoms with van der Waals surface area (Å²) in [7, 11) is 0. The van der Waals surface area contributed by atoms with Crippen LogP contribution in [-0.4, -0.2) is 36.1 Å². The first kappa shape index (κ1) is 9.69. The van der Waals surface area contributed by atoms with E-state index in [1.807, 2.05) is 0 Å². The summed E-state index contributed by atoms with van der Waals surface area (Å²) in [4.78, 5) is 11.9. The third kappa shape index (κ3) is 3.34. The topological polar surface area (TPSA) is 64.7 Å². The minimum atomic E-state index is -0.718. The normalized spacial score (nSPS) is 11.6. The van der Waals surface area contributed by atoms with E-state index in [0.29, 0.717) is 9.38 Å². The Labute approximate surface area is 82.2 Å². The maximum absolute atomic E-state index is 5.44. The van der Waals surface area contributed by atoms with Gasteiger partial charge in [-0.3, -0.25) is 0 Å². The van der Waals surface area contributed by atoms with Crippen LogP contribution in [-0.2, 0) is 0 Å². The van der Waals surface area contributed by atoms with Crippen molar-refractivity contribution in [3.05, 3.63) is 6.33 Å². The molecule has 64 valence electrons. The molecule has 0 aliphatic rings. The van der Waals surface area contributed by atoms with Crippen LogP contribution in [0.1, 0.15) is 20.8 Å². The van der Waals surface area contributed by atoms with Crippen molar-refractivity contribution in [3.8, 4) is 0 Å². The number of nitrogen functional groups attached to an aromatic ring is 1. The van der Waals surface area contributed by atoms with Gasteiger partial charge in [0.2, 0.25) is 0 Å². The predicted molar refractivity (Wildman–Crippen MR) is 49.3 cm³/mol. The van der Waals surface area contributed by atoms with Gasteiger partial charge < -0.3 is 0 Å². The fourth-order valence-electron chi connectivity index (χ4n) is 0.705. The molecule has 2 radical (unpaired) electrons. The van der Waals surface area contributed by atoms with Gasteiger partial charge in [0.05, 0.1) is 0 Å². The zero-order chi connectivity index (χ0) is 9.19. The quantitative estimate of drug-likeness (QED) is 0.730. The second-order valence-corrected chi connectivity index (χ2v) is 9.81. The van der Waals surface area contributed by atoms with E-state index < -0.39 is 21.1 Å². The molecule has 0 amide bonds. The molecular formula is C7H12N4Sn. The molecule has 5 heteroatoms. The zero-order valence-corrected chi connectivity index (χ0v) is 10.4. The zero-order valence-electron chi connectivity index (χ0n) is 7.50. The van der Waals surface area contributed by atoms with Crippen LogP contribution in [0.4, 0.5) is 5.95 Å². The van der Waals surface area contributed by atoms with E-state index in [4.69, 9.17) is 5.73 Å². The molecule has 1 aromatic heterocycles. The van der Waals surface area contributed by atoms with Crippen LogP contribution < -0.4 is 9.57 Å². The van der Waals surface area contributed by atoms with Gasteiger partial charge >= 0.3 is 82.1 Å². The monoisotopic (exact) mass is 272 g/mol. The van der Waals surface area contributed by atoms with Crippen molar-refractivity contribution in [2.24, 2.45) is 0 Å². The molecule has 12 heavy (non-hydrogen) atoms. The second-order valence-electron chi connectivity index (χ2n) is 3.54. The number of hydrogen-bond donors (Lipinski definition) is 1. The Kier molecular flexibility index (Phi) is 2.87. The van der Waals surface area contributed by atoms with E-state index in [2.05, 4.69) is 35.7 Å². The Morgan fingerprint density at radius 1 is 1.33 bits per heavy atom. The summed E-state index contributed by atoms with van der Waals surface area (Å²) >= 11 is -0.718. The van der Waals surface area contributed by atoms with E-state index in [9.17, 15) is 0 Å². The summed E-state index contributed by atoms with van der Waals surface area (Å²) in [5.74, 6) is 0.338. The molecule has 0 unspecified atom stereocenters. The third-order valence-electron chi connectivity index (χ3n) is 1.08. The van der Waals surface area contributed by atoms with E-state index >= 15 is 0 Å². The summed E-state index contributed by atoms with van der Waals surface area (Å²) in [5, 5.41) is 0. The first-order valence-electron chi connectivity index (χ1n) is 3.70. The number of nitrogens with zero attached hydrogens (tertiary/aromatic N) is 3. The summed E-state index contributed by atoms with van der Waals surface area (Å²) in [5.41, 5.74) is 5.44. The Morgan fingerprint density at radius 2 is 2.00 bits per heavy atom. The van der Waals surface area contributed by atoms with Gasteiger partial charge in [-0.2, -0.15) is 0 Å². The minimum absolute atomic E-state index is 0.338. The molecule has 0 bridgehead atoms. The molecule has 4 nitrogen and oxygen atoms in total. The number of nitrogens with two attached hydrogens (primary N) is 1. The van der Waals surface area contributed by atoms with Crippen LogP contribution in [0, 0.1) is 0 Å². The third-order valence-corrected chi connectivity index (χ3v) is 4.54. The van der Waals surface area contributed by atoms with Crippen LogP contribution in [0.3, 0.4) is 0 Å². The van der Waals surface area contributed by atoms with Crippen LogP contribution >= 0.6 is 0 Å². The summed E-state index contributed by atoms with van der Waals surface area (Å²) < 4.78 is 1.29. The molecule has 0 saturated carbocycles. The summed E-state index contributed by atoms with van der Waals surface area (Å²) in [6, 6.07) is 0. The Balaban J connectivity index is 2.77. The molecule has 0 aromatic carbocycles. The average Bonchev–Trinajstić information content (AvgIpc) is 1.82. The number of aromatic nitrogens is 3. The van der Waals surface area contributed by atoms with Crippen molar-refractivity contribution in [2.45, 2.75) is 24.2 Å². The van der Waals surface area contributed by atoms with Gasteiger partial charge in [-0.15, -0.1) is 0 Å². The van der Waals surface area contributed by atoms with Crippen molar-refractivity contribution in [3.63, 3.8) is 0 Å². The molecule has 0 aliphatic heterocycles. The molecule has 0 fully saturated rings. The van der Waals surface area contributed by atoms with Crippen LogP contribution in [0.5, 0.6) is 0 Å².